The van der Waals surface area contributed by atoms with E-state index in [1.807, 2.05) is 23.2 Å². The van der Waals surface area contributed by atoms with Crippen LogP contribution < -0.4 is 0 Å². The Kier molecular flexibility index (Phi) is 1.59. The molecule has 2 rings (SSSR count). The average molecular weight is 177 g/mol. The highest BCUT2D eigenvalue weighted by atomic mass is 32.1. The Bertz CT molecular complexity index is 446. The van der Waals surface area contributed by atoms with Gasteiger partial charge in [0, 0.05) is 7.05 Å². The van der Waals surface area contributed by atoms with Crippen LogP contribution in [0.25, 0.3) is 10.2 Å². The lowest BCUT2D eigenvalue weighted by Crippen LogP contribution is -1.90. The predicted molar refractivity (Wildman–Crippen MR) is 47.9 cm³/mol. The lowest BCUT2D eigenvalue weighted by Gasteiger charge is -1.85. The molecule has 0 bridgehead atoms. The fraction of sp³-hybridized carbons (Fsp3) is 0.250. The van der Waals surface area contributed by atoms with Crippen molar-refractivity contribution < 1.29 is 0 Å². The Morgan fingerprint density at radius 1 is 1.75 bits per heavy atom. The molecular weight excluding hydrogens is 170 g/mol. The third-order valence-corrected chi connectivity index (χ3v) is 2.73. The molecule has 0 aliphatic rings. The van der Waals surface area contributed by atoms with Gasteiger partial charge in [-0.2, -0.15) is 10.4 Å². The van der Waals surface area contributed by atoms with Crippen LogP contribution in [0.5, 0.6) is 0 Å². The summed E-state index contributed by atoms with van der Waals surface area (Å²) in [5, 5.41) is 14.8. The van der Waals surface area contributed by atoms with E-state index < -0.39 is 0 Å². The molecule has 0 spiro atoms. The maximum atomic E-state index is 8.53. The summed E-state index contributed by atoms with van der Waals surface area (Å²) in [5.74, 6) is 0. The number of hydrogen-bond acceptors (Lipinski definition) is 3. The summed E-state index contributed by atoms with van der Waals surface area (Å²) in [4.78, 5) is 0. The molecule has 0 amide bonds. The lowest BCUT2D eigenvalue weighted by atomic mass is 10.3. The third-order valence-electron chi connectivity index (χ3n) is 1.77. The van der Waals surface area contributed by atoms with Crippen LogP contribution in [0, 0.1) is 11.3 Å². The minimum atomic E-state index is 0.401. The van der Waals surface area contributed by atoms with Gasteiger partial charge in [-0.15, -0.1) is 11.3 Å². The van der Waals surface area contributed by atoms with Crippen molar-refractivity contribution in [2.45, 2.75) is 6.42 Å². The molecular formula is C8H7N3S. The Labute approximate surface area is 73.8 Å². The number of rotatable bonds is 1. The van der Waals surface area contributed by atoms with E-state index in [1.165, 1.54) is 0 Å². The molecule has 0 N–H and O–H groups in total. The highest BCUT2D eigenvalue weighted by Gasteiger charge is 2.08. The van der Waals surface area contributed by atoms with E-state index >= 15 is 0 Å². The second kappa shape index (κ2) is 2.61. The molecule has 2 heterocycles. The molecule has 2 aromatic heterocycles. The van der Waals surface area contributed by atoms with Crippen LogP contribution in [0.1, 0.15) is 5.69 Å². The van der Waals surface area contributed by atoms with E-state index in [-0.39, 0.29) is 0 Å². The van der Waals surface area contributed by atoms with Crippen molar-refractivity contribution in [3.63, 3.8) is 0 Å². The molecule has 3 nitrogen and oxygen atoms in total. The van der Waals surface area contributed by atoms with E-state index in [9.17, 15) is 0 Å². The number of aromatic nitrogens is 2. The Hall–Kier alpha value is -1.34. The number of thiophene rings is 1. The van der Waals surface area contributed by atoms with Crippen molar-refractivity contribution >= 4 is 21.6 Å². The van der Waals surface area contributed by atoms with E-state index in [0.29, 0.717) is 6.42 Å². The van der Waals surface area contributed by atoms with Gasteiger partial charge in [-0.1, -0.05) is 0 Å². The van der Waals surface area contributed by atoms with Gasteiger partial charge in [0.25, 0.3) is 0 Å². The second-order valence-corrected chi connectivity index (χ2v) is 3.46. The smallest absolute Gasteiger partial charge is 0.0943 e. The van der Waals surface area contributed by atoms with Crippen LogP contribution in [-0.2, 0) is 13.5 Å². The van der Waals surface area contributed by atoms with Gasteiger partial charge in [0.1, 0.15) is 0 Å². The van der Waals surface area contributed by atoms with Crippen molar-refractivity contribution in [1.82, 2.24) is 9.78 Å². The highest BCUT2D eigenvalue weighted by Crippen LogP contribution is 2.23. The minimum Gasteiger partial charge on any atom is -0.267 e. The fourth-order valence-electron chi connectivity index (χ4n) is 1.24. The van der Waals surface area contributed by atoms with Crippen LogP contribution in [0.2, 0.25) is 0 Å². The van der Waals surface area contributed by atoms with Crippen molar-refractivity contribution in [3.8, 4) is 6.07 Å². The Morgan fingerprint density at radius 2 is 2.58 bits per heavy atom. The first kappa shape index (κ1) is 7.32. The standard InChI is InChI=1S/C8H7N3S/c1-11-7-3-5-12-8(7)6(10-11)2-4-9/h3,5H,2H2,1H3. The van der Waals surface area contributed by atoms with Crippen LogP contribution in [0.4, 0.5) is 0 Å². The number of nitriles is 1. The summed E-state index contributed by atoms with van der Waals surface area (Å²) in [6.45, 7) is 0. The first-order valence-corrected chi connectivity index (χ1v) is 4.47. The molecule has 0 aromatic carbocycles. The molecule has 2 aromatic rings. The molecule has 0 radical (unpaired) electrons. The summed E-state index contributed by atoms with van der Waals surface area (Å²) in [5.41, 5.74) is 2.01. The van der Waals surface area contributed by atoms with Crippen molar-refractivity contribution in [1.29, 1.82) is 5.26 Å². The highest BCUT2D eigenvalue weighted by molar-refractivity contribution is 7.17. The van der Waals surface area contributed by atoms with E-state index in [1.54, 1.807) is 11.3 Å². The number of fused-ring (bicyclic) bond motifs is 1. The zero-order valence-electron chi connectivity index (χ0n) is 6.61. The van der Waals surface area contributed by atoms with Crippen LogP contribution in [0.15, 0.2) is 11.4 Å². The maximum absolute atomic E-state index is 8.53. The largest absolute Gasteiger partial charge is 0.267 e. The molecule has 0 aliphatic carbocycles. The van der Waals surface area contributed by atoms with Gasteiger partial charge in [-0.05, 0) is 11.4 Å². The Balaban J connectivity index is 2.68. The first-order valence-electron chi connectivity index (χ1n) is 3.59. The molecule has 0 fully saturated rings. The summed E-state index contributed by atoms with van der Waals surface area (Å²) < 4.78 is 2.96. The van der Waals surface area contributed by atoms with Gasteiger partial charge in [-0.3, -0.25) is 4.68 Å². The van der Waals surface area contributed by atoms with Gasteiger partial charge in [0.2, 0.25) is 0 Å². The molecule has 60 valence electrons. The molecule has 12 heavy (non-hydrogen) atoms. The third kappa shape index (κ3) is 0.908. The van der Waals surface area contributed by atoms with Crippen molar-refractivity contribution in [3.05, 3.63) is 17.1 Å². The van der Waals surface area contributed by atoms with Gasteiger partial charge in [0.05, 0.1) is 28.4 Å². The molecule has 0 aliphatic heterocycles. The first-order chi connectivity index (χ1) is 5.83. The zero-order valence-corrected chi connectivity index (χ0v) is 7.43. The molecule has 0 atom stereocenters. The fourth-order valence-corrected chi connectivity index (χ4v) is 2.15. The van der Waals surface area contributed by atoms with Crippen LogP contribution >= 0.6 is 11.3 Å². The normalized spacial score (nSPS) is 10.3. The van der Waals surface area contributed by atoms with E-state index in [4.69, 9.17) is 5.26 Å². The predicted octanol–water partition coefficient (Wildman–Crippen LogP) is 1.70. The van der Waals surface area contributed by atoms with Crippen molar-refractivity contribution in [2.75, 3.05) is 0 Å². The number of nitrogens with zero attached hydrogens (tertiary/aromatic N) is 3. The Morgan fingerprint density at radius 3 is 3.33 bits per heavy atom. The SMILES string of the molecule is Cn1nc(CC#N)c2sccc21. The topological polar surface area (TPSA) is 41.6 Å². The van der Waals surface area contributed by atoms with Crippen LogP contribution in [-0.4, -0.2) is 9.78 Å². The summed E-state index contributed by atoms with van der Waals surface area (Å²) in [6.07, 6.45) is 0.401. The van der Waals surface area contributed by atoms with E-state index in [2.05, 4.69) is 11.2 Å². The average Bonchev–Trinajstić information content (AvgIpc) is 2.58. The van der Waals surface area contributed by atoms with Gasteiger partial charge in [0.15, 0.2) is 0 Å². The number of aryl methyl sites for hydroxylation is 1. The van der Waals surface area contributed by atoms with Gasteiger partial charge >= 0.3 is 0 Å². The molecule has 0 unspecified atom stereocenters. The minimum absolute atomic E-state index is 0.401. The zero-order chi connectivity index (χ0) is 8.55. The van der Waals surface area contributed by atoms with Gasteiger partial charge < -0.3 is 0 Å². The lowest BCUT2D eigenvalue weighted by molar-refractivity contribution is 0.777. The van der Waals surface area contributed by atoms with Gasteiger partial charge in [-0.25, -0.2) is 0 Å². The second-order valence-electron chi connectivity index (χ2n) is 2.54. The van der Waals surface area contributed by atoms with Crippen molar-refractivity contribution in [2.24, 2.45) is 7.05 Å². The van der Waals surface area contributed by atoms with E-state index in [0.717, 1.165) is 15.9 Å². The molecule has 0 saturated heterocycles. The maximum Gasteiger partial charge on any atom is 0.0943 e. The molecule has 0 saturated carbocycles. The summed E-state index contributed by atoms with van der Waals surface area (Å²) in [6, 6.07) is 4.13. The monoisotopic (exact) mass is 177 g/mol. The molecule has 4 heteroatoms. The number of hydrogen-bond donors (Lipinski definition) is 0. The quantitative estimate of drug-likeness (QED) is 0.665. The van der Waals surface area contributed by atoms with Crippen LogP contribution in [0.3, 0.4) is 0 Å². The summed E-state index contributed by atoms with van der Waals surface area (Å²) >= 11 is 1.64. The summed E-state index contributed by atoms with van der Waals surface area (Å²) in [7, 11) is 1.90.